The number of carbonyl (C=O) groups is 1. The molecule has 6 nitrogen and oxygen atoms in total. The number of ether oxygens (including phenoxy) is 1. The van der Waals surface area contributed by atoms with Crippen LogP contribution in [0, 0.1) is 5.92 Å². The molecule has 1 aliphatic carbocycles. The van der Waals surface area contributed by atoms with Gasteiger partial charge in [-0.05, 0) is 38.2 Å². The molecule has 31 heavy (non-hydrogen) atoms. The first-order chi connectivity index (χ1) is 14.8. The van der Waals surface area contributed by atoms with Gasteiger partial charge in [0, 0.05) is 43.1 Å². The Morgan fingerprint density at radius 3 is 2.55 bits per heavy atom. The Morgan fingerprint density at radius 2 is 1.87 bits per heavy atom. The number of aliphatic imine (C=N–C) groups is 1. The van der Waals surface area contributed by atoms with Gasteiger partial charge in [-0.2, -0.15) is 11.8 Å². The first-order valence-electron chi connectivity index (χ1n) is 11.3. The fraction of sp³-hybridized carbons (Fsp3) is 0.652. The molecule has 3 rings (SSSR count). The molecule has 0 bridgehead atoms. The fourth-order valence-corrected chi connectivity index (χ4v) is 4.93. The minimum atomic E-state index is 0. The van der Waals surface area contributed by atoms with Gasteiger partial charge in [-0.25, -0.2) is 0 Å². The Balaban J connectivity index is 0.00000341. The quantitative estimate of drug-likeness (QED) is 0.221. The molecule has 174 valence electrons. The van der Waals surface area contributed by atoms with Crippen LogP contribution in [0.1, 0.15) is 38.2 Å². The Kier molecular flexibility index (Phi) is 12.7. The van der Waals surface area contributed by atoms with Crippen molar-refractivity contribution < 1.29 is 9.53 Å². The summed E-state index contributed by atoms with van der Waals surface area (Å²) >= 11 is 1.95. The van der Waals surface area contributed by atoms with E-state index in [4.69, 9.17) is 4.74 Å². The summed E-state index contributed by atoms with van der Waals surface area (Å²) in [6, 6.07) is 10.6. The predicted octanol–water partition coefficient (Wildman–Crippen LogP) is 3.51. The minimum Gasteiger partial charge on any atom is -0.375 e. The molecule has 1 aliphatic heterocycles. The summed E-state index contributed by atoms with van der Waals surface area (Å²) < 4.78 is 5.73. The highest BCUT2D eigenvalue weighted by molar-refractivity contribution is 14.0. The van der Waals surface area contributed by atoms with E-state index in [1.54, 1.807) is 0 Å². The van der Waals surface area contributed by atoms with E-state index in [1.807, 2.05) is 30.0 Å². The highest BCUT2D eigenvalue weighted by Crippen LogP contribution is 2.27. The zero-order chi connectivity index (χ0) is 21.0. The van der Waals surface area contributed by atoms with Gasteiger partial charge < -0.3 is 20.3 Å². The van der Waals surface area contributed by atoms with Gasteiger partial charge in [-0.15, -0.1) is 24.0 Å². The number of guanidine groups is 1. The van der Waals surface area contributed by atoms with E-state index in [-0.39, 0.29) is 29.9 Å². The van der Waals surface area contributed by atoms with Crippen molar-refractivity contribution in [2.45, 2.75) is 45.3 Å². The van der Waals surface area contributed by atoms with Crippen LogP contribution in [-0.2, 0) is 16.1 Å². The molecule has 2 N–H and O–H groups in total. The molecule has 0 atom stereocenters. The van der Waals surface area contributed by atoms with Crippen LogP contribution in [0.15, 0.2) is 35.3 Å². The number of nitrogens with one attached hydrogen (secondary N) is 2. The van der Waals surface area contributed by atoms with Crippen LogP contribution in [0.2, 0.25) is 0 Å². The summed E-state index contributed by atoms with van der Waals surface area (Å²) in [4.78, 5) is 19.5. The van der Waals surface area contributed by atoms with E-state index in [9.17, 15) is 4.79 Å². The van der Waals surface area contributed by atoms with E-state index < -0.39 is 0 Å². The molecule has 2 aliphatic rings. The van der Waals surface area contributed by atoms with Crippen molar-refractivity contribution in [2.75, 3.05) is 44.3 Å². The van der Waals surface area contributed by atoms with Crippen molar-refractivity contribution in [3.8, 4) is 0 Å². The second-order valence-corrected chi connectivity index (χ2v) is 9.15. The van der Waals surface area contributed by atoms with Crippen LogP contribution >= 0.6 is 35.7 Å². The Morgan fingerprint density at radius 1 is 1.16 bits per heavy atom. The maximum atomic E-state index is 12.7. The van der Waals surface area contributed by atoms with Crippen molar-refractivity contribution in [1.29, 1.82) is 0 Å². The van der Waals surface area contributed by atoms with E-state index in [2.05, 4.69) is 39.6 Å². The fourth-order valence-electron chi connectivity index (χ4n) is 4.03. The third-order valence-corrected chi connectivity index (χ3v) is 6.64. The second kappa shape index (κ2) is 14.9. The molecule has 8 heteroatoms. The van der Waals surface area contributed by atoms with Gasteiger partial charge in [-0.3, -0.25) is 9.79 Å². The first kappa shape index (κ1) is 26.3. The van der Waals surface area contributed by atoms with Crippen molar-refractivity contribution in [2.24, 2.45) is 10.9 Å². The summed E-state index contributed by atoms with van der Waals surface area (Å²) in [6.45, 7) is 6.60. The molecule has 1 aromatic carbocycles. The van der Waals surface area contributed by atoms with Crippen molar-refractivity contribution >= 4 is 47.6 Å². The smallest absolute Gasteiger partial charge is 0.225 e. The number of nitrogens with zero attached hydrogens (tertiary/aromatic N) is 2. The molecule has 1 amide bonds. The lowest BCUT2D eigenvalue weighted by Crippen LogP contribution is -2.47. The predicted molar refractivity (Wildman–Crippen MR) is 140 cm³/mol. The largest absolute Gasteiger partial charge is 0.375 e. The van der Waals surface area contributed by atoms with E-state index >= 15 is 0 Å². The number of halogens is 1. The van der Waals surface area contributed by atoms with Crippen LogP contribution in [0.4, 0.5) is 0 Å². The lowest BCUT2D eigenvalue weighted by atomic mass is 9.85. The summed E-state index contributed by atoms with van der Waals surface area (Å²) in [6.07, 6.45) is 3.99. The molecule has 0 aromatic heterocycles. The number of thioether (sulfide) groups is 1. The molecule has 1 saturated heterocycles. The maximum absolute atomic E-state index is 12.7. The van der Waals surface area contributed by atoms with Crippen LogP contribution in [0.5, 0.6) is 0 Å². The number of rotatable bonds is 8. The van der Waals surface area contributed by atoms with Crippen LogP contribution < -0.4 is 10.6 Å². The maximum Gasteiger partial charge on any atom is 0.225 e. The highest BCUT2D eigenvalue weighted by Gasteiger charge is 2.30. The van der Waals surface area contributed by atoms with Crippen LogP contribution in [0.25, 0.3) is 0 Å². The number of hydrogen-bond donors (Lipinski definition) is 2. The number of amides is 1. The SMILES string of the molecule is CCNC(=NCCOCc1ccccc1)NC1CCC(C(=O)N2CCSCC2)CC1.I. The van der Waals surface area contributed by atoms with Gasteiger partial charge in [0.25, 0.3) is 0 Å². The van der Waals surface area contributed by atoms with Gasteiger partial charge >= 0.3 is 0 Å². The second-order valence-electron chi connectivity index (χ2n) is 7.93. The summed E-state index contributed by atoms with van der Waals surface area (Å²) in [5.74, 6) is 3.60. The molecule has 1 saturated carbocycles. The van der Waals surface area contributed by atoms with E-state index in [1.165, 1.54) is 5.56 Å². The van der Waals surface area contributed by atoms with E-state index in [0.29, 0.717) is 31.7 Å². The number of hydrogen-bond acceptors (Lipinski definition) is 4. The minimum absolute atomic E-state index is 0. The summed E-state index contributed by atoms with van der Waals surface area (Å²) in [5.41, 5.74) is 1.18. The highest BCUT2D eigenvalue weighted by atomic mass is 127. The summed E-state index contributed by atoms with van der Waals surface area (Å²) in [7, 11) is 0. The zero-order valence-electron chi connectivity index (χ0n) is 18.6. The van der Waals surface area contributed by atoms with Gasteiger partial charge in [0.15, 0.2) is 5.96 Å². The van der Waals surface area contributed by atoms with Crippen molar-refractivity contribution in [1.82, 2.24) is 15.5 Å². The topological polar surface area (TPSA) is 66.0 Å². The monoisotopic (exact) mass is 560 g/mol. The van der Waals surface area contributed by atoms with E-state index in [0.717, 1.165) is 62.8 Å². The van der Waals surface area contributed by atoms with Crippen molar-refractivity contribution in [3.63, 3.8) is 0 Å². The first-order valence-corrected chi connectivity index (χ1v) is 12.4. The van der Waals surface area contributed by atoms with Gasteiger partial charge in [0.1, 0.15) is 0 Å². The lowest BCUT2D eigenvalue weighted by molar-refractivity contribution is -0.136. The molecule has 0 radical (unpaired) electrons. The Labute approximate surface area is 208 Å². The molecule has 1 aromatic rings. The van der Waals surface area contributed by atoms with Gasteiger partial charge in [0.2, 0.25) is 5.91 Å². The molecule has 2 fully saturated rings. The van der Waals surface area contributed by atoms with Gasteiger partial charge in [-0.1, -0.05) is 30.3 Å². The number of carbonyl (C=O) groups excluding carboxylic acids is 1. The average molecular weight is 561 g/mol. The molecule has 0 unspecified atom stereocenters. The molecular weight excluding hydrogens is 523 g/mol. The molecular formula is C23H37IN4O2S. The zero-order valence-corrected chi connectivity index (χ0v) is 21.7. The summed E-state index contributed by atoms with van der Waals surface area (Å²) in [5, 5.41) is 6.89. The Bertz CT molecular complexity index is 663. The molecule has 1 heterocycles. The average Bonchev–Trinajstić information content (AvgIpc) is 2.80. The standard InChI is InChI=1S/C23H36N4O2S.HI/c1-2-24-23(25-12-15-29-18-19-6-4-3-5-7-19)26-21-10-8-20(9-11-21)22(28)27-13-16-30-17-14-27;/h3-7,20-21H,2,8-18H2,1H3,(H2,24,25,26);1H. The normalized spacial score (nSPS) is 21.8. The lowest BCUT2D eigenvalue weighted by Gasteiger charge is -2.34. The van der Waals surface area contributed by atoms with Crippen molar-refractivity contribution in [3.05, 3.63) is 35.9 Å². The molecule has 0 spiro atoms. The van der Waals surface area contributed by atoms with Crippen LogP contribution in [-0.4, -0.2) is 67.1 Å². The van der Waals surface area contributed by atoms with Crippen LogP contribution in [0.3, 0.4) is 0 Å². The third-order valence-electron chi connectivity index (χ3n) is 5.70. The third kappa shape index (κ3) is 9.18. The number of benzene rings is 1. The Hall–Kier alpha value is -1.00. The van der Waals surface area contributed by atoms with Gasteiger partial charge in [0.05, 0.1) is 19.8 Å².